The summed E-state index contributed by atoms with van der Waals surface area (Å²) in [5, 5.41) is 1.54. The summed E-state index contributed by atoms with van der Waals surface area (Å²) in [7, 11) is 0. The normalized spacial score (nSPS) is 12.1. The first-order valence-electron chi connectivity index (χ1n) is 6.10. The van der Waals surface area contributed by atoms with Crippen LogP contribution in [0.15, 0.2) is 36.4 Å². The van der Waals surface area contributed by atoms with Gasteiger partial charge in [0.2, 0.25) is 0 Å². The topological polar surface area (TPSA) is 15.8 Å². The number of H-pyrrole nitrogens is 1. The van der Waals surface area contributed by atoms with Crippen LogP contribution in [0.5, 0.6) is 0 Å². The van der Waals surface area contributed by atoms with E-state index in [2.05, 4.69) is 4.98 Å². The van der Waals surface area contributed by atoms with Crippen molar-refractivity contribution in [3.8, 4) is 11.1 Å². The zero-order valence-electron chi connectivity index (χ0n) is 10.7. The maximum atomic E-state index is 12.8. The summed E-state index contributed by atoms with van der Waals surface area (Å²) in [6.07, 6.45) is -4.44. The Morgan fingerprint density at radius 3 is 2.14 bits per heavy atom. The van der Waals surface area contributed by atoms with E-state index in [0.29, 0.717) is 37.1 Å². The molecule has 114 valence electrons. The summed E-state index contributed by atoms with van der Waals surface area (Å²) in [5.41, 5.74) is 0.639. The van der Waals surface area contributed by atoms with Gasteiger partial charge >= 0.3 is 6.18 Å². The molecule has 0 aliphatic heterocycles. The van der Waals surface area contributed by atoms with Crippen molar-refractivity contribution in [2.75, 3.05) is 0 Å². The van der Waals surface area contributed by atoms with Gasteiger partial charge in [0, 0.05) is 32.1 Å². The summed E-state index contributed by atoms with van der Waals surface area (Å²) < 4.78 is 38.3. The molecule has 0 spiro atoms. The van der Waals surface area contributed by atoms with E-state index in [9.17, 15) is 13.2 Å². The average Bonchev–Trinajstić information content (AvgIpc) is 2.81. The molecule has 1 aromatic heterocycles. The number of aromatic amines is 1. The first-order chi connectivity index (χ1) is 10.3. The minimum absolute atomic E-state index is 0.298. The van der Waals surface area contributed by atoms with Gasteiger partial charge in [-0.1, -0.05) is 40.9 Å². The second kappa shape index (κ2) is 5.37. The monoisotopic (exact) mass is 363 g/mol. The molecular weight excluding hydrogens is 358 g/mol. The molecule has 3 rings (SSSR count). The van der Waals surface area contributed by atoms with E-state index >= 15 is 0 Å². The van der Waals surface area contributed by atoms with Crippen LogP contribution in [0.1, 0.15) is 5.69 Å². The van der Waals surface area contributed by atoms with Gasteiger partial charge in [-0.3, -0.25) is 0 Å². The van der Waals surface area contributed by atoms with Gasteiger partial charge in [-0.25, -0.2) is 0 Å². The zero-order valence-corrected chi connectivity index (χ0v) is 13.0. The predicted octanol–water partition coefficient (Wildman–Crippen LogP) is 6.81. The molecule has 0 atom stereocenters. The van der Waals surface area contributed by atoms with E-state index < -0.39 is 11.9 Å². The number of benzene rings is 2. The summed E-state index contributed by atoms with van der Waals surface area (Å²) in [6, 6.07) is 8.93. The number of aromatic nitrogens is 1. The number of fused-ring (bicyclic) bond motifs is 1. The molecule has 0 saturated carbocycles. The highest BCUT2D eigenvalue weighted by Crippen LogP contribution is 2.39. The third-order valence-electron chi connectivity index (χ3n) is 3.24. The maximum Gasteiger partial charge on any atom is 0.431 e. The minimum Gasteiger partial charge on any atom is -0.351 e. The van der Waals surface area contributed by atoms with Gasteiger partial charge in [0.1, 0.15) is 5.69 Å². The smallest absolute Gasteiger partial charge is 0.351 e. The van der Waals surface area contributed by atoms with Crippen molar-refractivity contribution in [1.82, 2.24) is 4.98 Å². The third kappa shape index (κ3) is 2.78. The van der Waals surface area contributed by atoms with Crippen molar-refractivity contribution in [3.63, 3.8) is 0 Å². The Morgan fingerprint density at radius 1 is 0.818 bits per heavy atom. The highest BCUT2D eigenvalue weighted by atomic mass is 35.5. The van der Waals surface area contributed by atoms with Crippen molar-refractivity contribution in [2.45, 2.75) is 6.18 Å². The number of hydrogen-bond donors (Lipinski definition) is 1. The molecule has 0 aliphatic rings. The fourth-order valence-electron chi connectivity index (χ4n) is 2.22. The molecule has 0 saturated heterocycles. The molecule has 0 unspecified atom stereocenters. The van der Waals surface area contributed by atoms with Crippen LogP contribution in [-0.4, -0.2) is 4.98 Å². The van der Waals surface area contributed by atoms with Crippen LogP contribution in [-0.2, 0) is 6.18 Å². The van der Waals surface area contributed by atoms with Gasteiger partial charge < -0.3 is 4.98 Å². The SMILES string of the molecule is FC(F)(F)c1cc2cc(-c3ccc(Cl)cc3Cl)c(Cl)cc2[nH]1. The van der Waals surface area contributed by atoms with E-state index in [4.69, 9.17) is 34.8 Å². The molecule has 7 heteroatoms. The fraction of sp³-hybridized carbons (Fsp3) is 0.0667. The van der Waals surface area contributed by atoms with E-state index in [1.54, 1.807) is 24.3 Å². The zero-order chi connectivity index (χ0) is 16.1. The van der Waals surface area contributed by atoms with E-state index in [0.717, 1.165) is 6.07 Å². The van der Waals surface area contributed by atoms with Crippen LogP contribution in [0.25, 0.3) is 22.0 Å². The molecule has 1 N–H and O–H groups in total. The predicted molar refractivity (Wildman–Crippen MR) is 83.8 cm³/mol. The van der Waals surface area contributed by atoms with E-state index in [1.165, 1.54) is 6.07 Å². The Balaban J connectivity index is 2.20. The van der Waals surface area contributed by atoms with Crippen molar-refractivity contribution in [1.29, 1.82) is 0 Å². The maximum absolute atomic E-state index is 12.8. The lowest BCUT2D eigenvalue weighted by atomic mass is 10.0. The van der Waals surface area contributed by atoms with Crippen LogP contribution in [0.4, 0.5) is 13.2 Å². The van der Waals surface area contributed by atoms with Gasteiger partial charge in [-0.2, -0.15) is 13.2 Å². The third-order valence-corrected chi connectivity index (χ3v) is 4.10. The van der Waals surface area contributed by atoms with Gasteiger partial charge in [0.15, 0.2) is 0 Å². The first-order valence-corrected chi connectivity index (χ1v) is 7.24. The van der Waals surface area contributed by atoms with Crippen LogP contribution < -0.4 is 0 Å². The summed E-state index contributed by atoms with van der Waals surface area (Å²) in [4.78, 5) is 2.32. The van der Waals surface area contributed by atoms with Crippen LogP contribution in [0, 0.1) is 0 Å². The molecular formula is C15H7Cl3F3N. The highest BCUT2D eigenvalue weighted by molar-refractivity contribution is 6.38. The molecule has 0 aliphatic carbocycles. The molecule has 0 amide bonds. The average molecular weight is 365 g/mol. The van der Waals surface area contributed by atoms with Crippen molar-refractivity contribution in [3.05, 3.63) is 57.2 Å². The standard InChI is InChI=1S/C15H7Cl3F3N/c16-8-1-2-9(11(17)5-8)10-3-7-4-14(15(19,20)21)22-13(7)6-12(10)18/h1-6,22H. The second-order valence-corrected chi connectivity index (χ2v) is 5.98. The number of halogens is 6. The fourth-order valence-corrected chi connectivity index (χ4v) is 3.00. The highest BCUT2D eigenvalue weighted by Gasteiger charge is 2.32. The number of hydrogen-bond acceptors (Lipinski definition) is 0. The second-order valence-electron chi connectivity index (χ2n) is 4.72. The number of rotatable bonds is 1. The Labute approximate surface area is 138 Å². The van der Waals surface area contributed by atoms with Crippen molar-refractivity contribution in [2.24, 2.45) is 0 Å². The molecule has 0 bridgehead atoms. The van der Waals surface area contributed by atoms with E-state index in [-0.39, 0.29) is 0 Å². The molecule has 1 nitrogen and oxygen atoms in total. The van der Waals surface area contributed by atoms with Crippen molar-refractivity contribution < 1.29 is 13.2 Å². The summed E-state index contributed by atoms with van der Waals surface area (Å²) >= 11 is 18.2. The minimum atomic E-state index is -4.44. The van der Waals surface area contributed by atoms with Crippen LogP contribution >= 0.6 is 34.8 Å². The molecule has 2 aromatic carbocycles. The lowest BCUT2D eigenvalue weighted by Crippen LogP contribution is -2.04. The van der Waals surface area contributed by atoms with Crippen LogP contribution in [0.2, 0.25) is 15.1 Å². The molecule has 3 aromatic rings. The largest absolute Gasteiger partial charge is 0.431 e. The first kappa shape index (κ1) is 15.5. The Hall–Kier alpha value is -1.36. The van der Waals surface area contributed by atoms with Gasteiger partial charge in [-0.05, 0) is 30.3 Å². The van der Waals surface area contributed by atoms with Gasteiger partial charge in [0.25, 0.3) is 0 Å². The van der Waals surface area contributed by atoms with E-state index in [1.807, 2.05) is 0 Å². The lowest BCUT2D eigenvalue weighted by Gasteiger charge is -2.08. The van der Waals surface area contributed by atoms with Gasteiger partial charge in [-0.15, -0.1) is 0 Å². The molecule has 0 radical (unpaired) electrons. The Bertz CT molecular complexity index is 868. The number of nitrogens with one attached hydrogen (secondary N) is 1. The Kier molecular flexibility index (Phi) is 3.79. The summed E-state index contributed by atoms with van der Waals surface area (Å²) in [5.74, 6) is 0. The molecule has 0 fully saturated rings. The van der Waals surface area contributed by atoms with Crippen molar-refractivity contribution >= 4 is 45.7 Å². The number of alkyl halides is 3. The lowest BCUT2D eigenvalue weighted by molar-refractivity contribution is -0.140. The molecule has 22 heavy (non-hydrogen) atoms. The van der Waals surface area contributed by atoms with Gasteiger partial charge in [0.05, 0.1) is 5.02 Å². The summed E-state index contributed by atoms with van der Waals surface area (Å²) in [6.45, 7) is 0. The van der Waals surface area contributed by atoms with Crippen LogP contribution in [0.3, 0.4) is 0 Å². The molecule has 1 heterocycles. The Morgan fingerprint density at radius 2 is 1.50 bits per heavy atom. The quantitative estimate of drug-likeness (QED) is 0.488.